The Bertz CT molecular complexity index is 452. The third-order valence-electron chi connectivity index (χ3n) is 3.72. The quantitative estimate of drug-likeness (QED) is 0.734. The molecule has 0 radical (unpaired) electrons. The van der Waals surface area contributed by atoms with Crippen molar-refractivity contribution in [3.8, 4) is 11.3 Å². The predicted molar refractivity (Wildman–Crippen MR) is 73.4 cm³/mol. The van der Waals surface area contributed by atoms with Gasteiger partial charge in [-0.3, -0.25) is 0 Å². The Labute approximate surface area is 107 Å². The fraction of sp³-hybridized carbons (Fsp3) is 0.400. The van der Waals surface area contributed by atoms with Crippen LogP contribution in [0.4, 0.5) is 0 Å². The van der Waals surface area contributed by atoms with Gasteiger partial charge in [0.1, 0.15) is 0 Å². The molecule has 1 heterocycles. The molecule has 0 saturated heterocycles. The molecule has 2 aromatic rings. The molecular formula is C15H17NS. The molecule has 0 atom stereocenters. The van der Waals surface area contributed by atoms with Crippen molar-refractivity contribution in [3.63, 3.8) is 0 Å². The lowest BCUT2D eigenvalue weighted by atomic mass is 9.84. The van der Waals surface area contributed by atoms with Gasteiger partial charge in [-0.2, -0.15) is 0 Å². The Kier molecular flexibility index (Phi) is 3.23. The zero-order valence-corrected chi connectivity index (χ0v) is 10.7. The lowest BCUT2D eigenvalue weighted by Gasteiger charge is -2.21. The minimum absolute atomic E-state index is 0.799. The van der Waals surface area contributed by atoms with Crippen LogP contribution in [0.5, 0.6) is 0 Å². The van der Waals surface area contributed by atoms with E-state index < -0.39 is 0 Å². The van der Waals surface area contributed by atoms with Crippen LogP contribution in [0.25, 0.3) is 11.3 Å². The van der Waals surface area contributed by atoms with Gasteiger partial charge >= 0.3 is 0 Å². The van der Waals surface area contributed by atoms with Crippen molar-refractivity contribution in [2.75, 3.05) is 0 Å². The Hall–Kier alpha value is -1.15. The molecule has 17 heavy (non-hydrogen) atoms. The number of rotatable bonds is 2. The van der Waals surface area contributed by atoms with Crippen LogP contribution in [0.2, 0.25) is 0 Å². The Morgan fingerprint density at radius 1 is 1.00 bits per heavy atom. The molecule has 0 spiro atoms. The number of aromatic nitrogens is 1. The summed E-state index contributed by atoms with van der Waals surface area (Å²) in [5, 5.41) is 2.11. The van der Waals surface area contributed by atoms with Crippen molar-refractivity contribution in [2.45, 2.75) is 38.0 Å². The van der Waals surface area contributed by atoms with Crippen LogP contribution in [0, 0.1) is 0 Å². The first-order valence-electron chi connectivity index (χ1n) is 6.42. The largest absolute Gasteiger partial charge is 0.245 e. The van der Waals surface area contributed by atoms with E-state index in [-0.39, 0.29) is 0 Å². The fourth-order valence-electron chi connectivity index (χ4n) is 2.72. The van der Waals surface area contributed by atoms with Crippen molar-refractivity contribution >= 4 is 11.3 Å². The Balaban J connectivity index is 1.80. The topological polar surface area (TPSA) is 12.9 Å². The van der Waals surface area contributed by atoms with Gasteiger partial charge in [-0.05, 0) is 24.3 Å². The molecular weight excluding hydrogens is 226 g/mol. The van der Waals surface area contributed by atoms with Crippen molar-refractivity contribution in [2.24, 2.45) is 0 Å². The summed E-state index contributed by atoms with van der Waals surface area (Å²) in [6.07, 6.45) is 6.97. The van der Waals surface area contributed by atoms with Gasteiger partial charge in [-0.1, -0.05) is 43.5 Å². The summed E-state index contributed by atoms with van der Waals surface area (Å²) in [5.41, 5.74) is 5.75. The molecule has 2 heteroatoms. The first-order valence-corrected chi connectivity index (χ1v) is 7.36. The predicted octanol–water partition coefficient (Wildman–Crippen LogP) is 4.86. The second-order valence-corrected chi connectivity index (χ2v) is 5.55. The summed E-state index contributed by atoms with van der Waals surface area (Å²) in [5.74, 6) is 0.799. The van der Waals surface area contributed by atoms with E-state index in [4.69, 9.17) is 0 Å². The van der Waals surface area contributed by atoms with Crippen LogP contribution in [0.3, 0.4) is 0 Å². The molecule has 1 fully saturated rings. The van der Waals surface area contributed by atoms with Crippen LogP contribution in [0.1, 0.15) is 43.6 Å². The number of nitrogens with zero attached hydrogens (tertiary/aromatic N) is 1. The Morgan fingerprint density at radius 2 is 1.76 bits per heavy atom. The average Bonchev–Trinajstić information content (AvgIpc) is 2.94. The van der Waals surface area contributed by atoms with Crippen molar-refractivity contribution < 1.29 is 0 Å². The van der Waals surface area contributed by atoms with Gasteiger partial charge in [0.25, 0.3) is 0 Å². The fourth-order valence-corrected chi connectivity index (χ4v) is 3.28. The van der Waals surface area contributed by atoms with Crippen molar-refractivity contribution in [1.82, 2.24) is 4.98 Å². The van der Waals surface area contributed by atoms with Gasteiger partial charge in [0.15, 0.2) is 0 Å². The molecule has 1 aromatic heterocycles. The summed E-state index contributed by atoms with van der Waals surface area (Å²) in [6.45, 7) is 0. The zero-order valence-electron chi connectivity index (χ0n) is 9.93. The van der Waals surface area contributed by atoms with Crippen LogP contribution >= 0.6 is 11.3 Å². The first kappa shape index (κ1) is 11.0. The van der Waals surface area contributed by atoms with Crippen molar-refractivity contribution in [1.29, 1.82) is 0 Å². The highest BCUT2D eigenvalue weighted by Crippen LogP contribution is 2.33. The van der Waals surface area contributed by atoms with Gasteiger partial charge < -0.3 is 0 Å². The standard InChI is InChI=1S/C15H17NS/c1-2-4-12(5-3-1)13-6-8-14(9-7-13)15-10-17-11-16-15/h6-12H,1-5H2. The van der Waals surface area contributed by atoms with Crippen LogP contribution in [-0.2, 0) is 0 Å². The summed E-state index contributed by atoms with van der Waals surface area (Å²) < 4.78 is 0. The van der Waals surface area contributed by atoms with Crippen LogP contribution < -0.4 is 0 Å². The van der Waals surface area contributed by atoms with E-state index in [1.807, 2.05) is 5.51 Å². The second kappa shape index (κ2) is 5.01. The number of thiazole rings is 1. The molecule has 0 aliphatic heterocycles. The van der Waals surface area contributed by atoms with E-state index in [9.17, 15) is 0 Å². The molecule has 1 aliphatic rings. The second-order valence-electron chi connectivity index (χ2n) is 4.83. The molecule has 0 unspecified atom stereocenters. The lowest BCUT2D eigenvalue weighted by Crippen LogP contribution is -2.04. The van der Waals surface area contributed by atoms with E-state index >= 15 is 0 Å². The normalized spacial score (nSPS) is 17.2. The van der Waals surface area contributed by atoms with Crippen LogP contribution in [-0.4, -0.2) is 4.98 Å². The Morgan fingerprint density at radius 3 is 2.41 bits per heavy atom. The number of benzene rings is 1. The number of hydrogen-bond donors (Lipinski definition) is 0. The molecule has 0 amide bonds. The third kappa shape index (κ3) is 2.42. The third-order valence-corrected chi connectivity index (χ3v) is 4.30. The maximum Gasteiger partial charge on any atom is 0.0811 e. The van der Waals surface area contributed by atoms with E-state index in [1.165, 1.54) is 43.2 Å². The maximum atomic E-state index is 4.35. The summed E-state index contributed by atoms with van der Waals surface area (Å²) >= 11 is 1.66. The van der Waals surface area contributed by atoms with Gasteiger partial charge in [-0.15, -0.1) is 11.3 Å². The van der Waals surface area contributed by atoms with E-state index in [2.05, 4.69) is 34.6 Å². The van der Waals surface area contributed by atoms with Gasteiger partial charge in [0.2, 0.25) is 0 Å². The van der Waals surface area contributed by atoms with E-state index in [0.717, 1.165) is 11.6 Å². The summed E-state index contributed by atoms with van der Waals surface area (Å²) in [6, 6.07) is 9.04. The minimum atomic E-state index is 0.799. The number of hydrogen-bond acceptors (Lipinski definition) is 2. The minimum Gasteiger partial charge on any atom is -0.245 e. The van der Waals surface area contributed by atoms with E-state index in [1.54, 1.807) is 11.3 Å². The molecule has 0 N–H and O–H groups in total. The first-order chi connectivity index (χ1) is 8.43. The monoisotopic (exact) mass is 243 g/mol. The highest BCUT2D eigenvalue weighted by Gasteiger charge is 2.15. The van der Waals surface area contributed by atoms with Gasteiger partial charge in [0.05, 0.1) is 11.2 Å². The molecule has 88 valence electrons. The summed E-state index contributed by atoms with van der Waals surface area (Å²) in [7, 11) is 0. The molecule has 3 rings (SSSR count). The lowest BCUT2D eigenvalue weighted by molar-refractivity contribution is 0.443. The highest BCUT2D eigenvalue weighted by molar-refractivity contribution is 7.07. The van der Waals surface area contributed by atoms with E-state index in [0.29, 0.717) is 0 Å². The van der Waals surface area contributed by atoms with Crippen molar-refractivity contribution in [3.05, 3.63) is 40.7 Å². The molecule has 0 bridgehead atoms. The summed E-state index contributed by atoms with van der Waals surface area (Å²) in [4.78, 5) is 4.35. The SMILES string of the molecule is c1nc(-c2ccc(C3CCCCC3)cc2)cs1. The zero-order chi connectivity index (χ0) is 11.5. The molecule has 1 nitrogen and oxygen atoms in total. The smallest absolute Gasteiger partial charge is 0.0811 e. The highest BCUT2D eigenvalue weighted by atomic mass is 32.1. The van der Waals surface area contributed by atoms with Gasteiger partial charge in [-0.25, -0.2) is 4.98 Å². The maximum absolute atomic E-state index is 4.35. The van der Waals surface area contributed by atoms with Crippen LogP contribution in [0.15, 0.2) is 35.2 Å². The molecule has 1 aliphatic carbocycles. The van der Waals surface area contributed by atoms with Gasteiger partial charge in [0, 0.05) is 10.9 Å². The average molecular weight is 243 g/mol. The molecule has 1 aromatic carbocycles. The molecule has 1 saturated carbocycles.